The van der Waals surface area contributed by atoms with Crippen molar-refractivity contribution < 1.29 is 28.9 Å². The van der Waals surface area contributed by atoms with Gasteiger partial charge in [-0.2, -0.15) is 0 Å². The SMILES string of the molecule is COCCCOc1cc(C(=O)N(C(C)C)[C@@H]2CCCN(C(=O)O)C2)ccc1OCC1CC1. The van der Waals surface area contributed by atoms with Crippen molar-refractivity contribution >= 4 is 12.0 Å². The molecule has 0 spiro atoms. The molecular formula is C24H36N2O6. The molecule has 178 valence electrons. The van der Waals surface area contributed by atoms with Crippen molar-refractivity contribution in [2.75, 3.05) is 40.0 Å². The first kappa shape index (κ1) is 24.2. The standard InChI is InChI=1S/C24H36N2O6/c1-17(2)26(20-6-4-11-25(15-20)24(28)29)23(27)19-9-10-21(32-16-18-7-8-18)22(14-19)31-13-5-12-30-3/h9-10,14,17-18,20H,4-8,11-13,15-16H2,1-3H3,(H,28,29)/t20-/m1/s1. The Hall–Kier alpha value is -2.48. The van der Waals surface area contributed by atoms with Gasteiger partial charge in [0.1, 0.15) is 0 Å². The summed E-state index contributed by atoms with van der Waals surface area (Å²) in [6.07, 6.45) is 3.72. The molecule has 1 aromatic carbocycles. The molecule has 8 heteroatoms. The van der Waals surface area contributed by atoms with E-state index in [4.69, 9.17) is 14.2 Å². The molecule has 0 aromatic heterocycles. The zero-order chi connectivity index (χ0) is 23.1. The van der Waals surface area contributed by atoms with Crippen LogP contribution in [0.25, 0.3) is 0 Å². The summed E-state index contributed by atoms with van der Waals surface area (Å²) < 4.78 is 17.0. The molecule has 1 aliphatic carbocycles. The highest BCUT2D eigenvalue weighted by Gasteiger charge is 2.33. The molecule has 2 fully saturated rings. The average molecular weight is 449 g/mol. The molecule has 1 aliphatic heterocycles. The lowest BCUT2D eigenvalue weighted by molar-refractivity contribution is 0.0449. The summed E-state index contributed by atoms with van der Waals surface area (Å²) in [5.41, 5.74) is 0.520. The molecule has 0 bridgehead atoms. The molecule has 0 radical (unpaired) electrons. The first-order chi connectivity index (χ1) is 15.4. The van der Waals surface area contributed by atoms with Crippen LogP contribution in [0.1, 0.15) is 56.3 Å². The number of carbonyl (C=O) groups is 2. The van der Waals surface area contributed by atoms with Gasteiger partial charge in [0.2, 0.25) is 0 Å². The Morgan fingerprint density at radius 2 is 1.94 bits per heavy atom. The molecule has 2 amide bonds. The van der Waals surface area contributed by atoms with Crippen molar-refractivity contribution in [1.29, 1.82) is 0 Å². The molecule has 3 rings (SSSR count). The number of rotatable bonds is 11. The second-order valence-corrected chi connectivity index (χ2v) is 8.94. The topological polar surface area (TPSA) is 88.5 Å². The number of methoxy groups -OCH3 is 1. The fraction of sp³-hybridized carbons (Fsp3) is 0.667. The third kappa shape index (κ3) is 6.51. The van der Waals surface area contributed by atoms with Crippen LogP contribution in [-0.4, -0.2) is 79.0 Å². The predicted octanol–water partition coefficient (Wildman–Crippen LogP) is 3.88. The molecule has 8 nitrogen and oxygen atoms in total. The highest BCUT2D eigenvalue weighted by Crippen LogP contribution is 2.34. The summed E-state index contributed by atoms with van der Waals surface area (Å²) in [6, 6.07) is 5.14. The maximum Gasteiger partial charge on any atom is 0.407 e. The highest BCUT2D eigenvalue weighted by atomic mass is 16.5. The smallest absolute Gasteiger partial charge is 0.407 e. The normalized spacial score (nSPS) is 18.5. The number of benzene rings is 1. The monoisotopic (exact) mass is 448 g/mol. The largest absolute Gasteiger partial charge is 0.490 e. The summed E-state index contributed by atoms with van der Waals surface area (Å²) in [5, 5.41) is 9.40. The van der Waals surface area contributed by atoms with Gasteiger partial charge in [-0.3, -0.25) is 4.79 Å². The quantitative estimate of drug-likeness (QED) is 0.517. The summed E-state index contributed by atoms with van der Waals surface area (Å²) in [6.45, 7) is 6.50. The van der Waals surface area contributed by atoms with Crippen LogP contribution in [0, 0.1) is 5.92 Å². The number of likely N-dealkylation sites (tertiary alicyclic amines) is 1. The number of nitrogens with zero attached hydrogens (tertiary/aromatic N) is 2. The van der Waals surface area contributed by atoms with E-state index in [1.807, 2.05) is 24.8 Å². The zero-order valence-corrected chi connectivity index (χ0v) is 19.4. The Labute approximate surface area is 190 Å². The van der Waals surface area contributed by atoms with E-state index >= 15 is 0 Å². The van der Waals surface area contributed by atoms with Crippen LogP contribution in [-0.2, 0) is 4.74 Å². The van der Waals surface area contributed by atoms with Crippen LogP contribution in [0.15, 0.2) is 18.2 Å². The zero-order valence-electron chi connectivity index (χ0n) is 19.4. The molecule has 1 N–H and O–H groups in total. The van der Waals surface area contributed by atoms with Crippen molar-refractivity contribution in [3.8, 4) is 11.5 Å². The van der Waals surface area contributed by atoms with Crippen LogP contribution in [0.4, 0.5) is 4.79 Å². The maximum absolute atomic E-state index is 13.5. The summed E-state index contributed by atoms with van der Waals surface area (Å²) in [4.78, 5) is 28.2. The molecule has 1 saturated carbocycles. The fourth-order valence-corrected chi connectivity index (χ4v) is 4.08. The van der Waals surface area contributed by atoms with E-state index in [9.17, 15) is 14.7 Å². The van der Waals surface area contributed by atoms with Crippen LogP contribution in [0.5, 0.6) is 11.5 Å². The van der Waals surface area contributed by atoms with Crippen molar-refractivity contribution in [3.63, 3.8) is 0 Å². The van der Waals surface area contributed by atoms with Gasteiger partial charge in [0.05, 0.1) is 19.3 Å². The van der Waals surface area contributed by atoms with E-state index in [0.717, 1.165) is 19.3 Å². The van der Waals surface area contributed by atoms with Gasteiger partial charge in [0.25, 0.3) is 5.91 Å². The van der Waals surface area contributed by atoms with Gasteiger partial charge in [0.15, 0.2) is 11.5 Å². The Bertz CT molecular complexity index is 780. The molecule has 0 unspecified atom stereocenters. The van der Waals surface area contributed by atoms with Crippen molar-refractivity contribution in [2.45, 2.75) is 58.0 Å². The minimum Gasteiger partial charge on any atom is -0.490 e. The molecule has 1 heterocycles. The number of hydrogen-bond acceptors (Lipinski definition) is 5. The van der Waals surface area contributed by atoms with Gasteiger partial charge in [-0.25, -0.2) is 4.79 Å². The number of hydrogen-bond donors (Lipinski definition) is 1. The second kappa shape index (κ2) is 11.4. The first-order valence-corrected chi connectivity index (χ1v) is 11.6. The molecule has 1 aromatic rings. The lowest BCUT2D eigenvalue weighted by atomic mass is 10.0. The van der Waals surface area contributed by atoms with Crippen LogP contribution >= 0.6 is 0 Å². The van der Waals surface area contributed by atoms with Gasteiger partial charge < -0.3 is 29.1 Å². The number of amides is 2. The summed E-state index contributed by atoms with van der Waals surface area (Å²) in [5.74, 6) is 1.70. The Morgan fingerprint density at radius 3 is 2.59 bits per heavy atom. The van der Waals surface area contributed by atoms with Crippen molar-refractivity contribution in [1.82, 2.24) is 9.80 Å². The Morgan fingerprint density at radius 1 is 1.16 bits per heavy atom. The van der Waals surface area contributed by atoms with E-state index in [1.165, 1.54) is 17.7 Å². The van der Waals surface area contributed by atoms with Crippen LogP contribution in [0.3, 0.4) is 0 Å². The van der Waals surface area contributed by atoms with Gasteiger partial charge >= 0.3 is 6.09 Å². The van der Waals surface area contributed by atoms with E-state index in [0.29, 0.717) is 55.9 Å². The molecule has 1 atom stereocenters. The Kier molecular flexibility index (Phi) is 8.61. The Balaban J connectivity index is 1.77. The predicted molar refractivity (Wildman–Crippen MR) is 121 cm³/mol. The van der Waals surface area contributed by atoms with E-state index in [2.05, 4.69) is 0 Å². The van der Waals surface area contributed by atoms with Crippen LogP contribution in [0.2, 0.25) is 0 Å². The van der Waals surface area contributed by atoms with E-state index in [-0.39, 0.29) is 18.0 Å². The minimum absolute atomic E-state index is 0.0573. The van der Waals surface area contributed by atoms with Crippen molar-refractivity contribution in [3.05, 3.63) is 23.8 Å². The highest BCUT2D eigenvalue weighted by molar-refractivity contribution is 5.95. The lowest BCUT2D eigenvalue weighted by Crippen LogP contribution is -2.53. The average Bonchev–Trinajstić information content (AvgIpc) is 3.60. The molecule has 2 aliphatic rings. The van der Waals surface area contributed by atoms with E-state index in [1.54, 1.807) is 19.2 Å². The van der Waals surface area contributed by atoms with E-state index < -0.39 is 6.09 Å². The number of carboxylic acid groups (broad SMARTS) is 1. The molecular weight excluding hydrogens is 412 g/mol. The summed E-state index contributed by atoms with van der Waals surface area (Å²) >= 11 is 0. The molecule has 1 saturated heterocycles. The number of piperidine rings is 1. The maximum atomic E-state index is 13.5. The van der Waals surface area contributed by atoms with Gasteiger partial charge in [-0.1, -0.05) is 0 Å². The fourth-order valence-electron chi connectivity index (χ4n) is 4.08. The first-order valence-electron chi connectivity index (χ1n) is 11.6. The summed E-state index contributed by atoms with van der Waals surface area (Å²) in [7, 11) is 1.65. The number of carbonyl (C=O) groups excluding carboxylic acids is 1. The van der Waals surface area contributed by atoms with Gasteiger partial charge in [-0.05, 0) is 63.6 Å². The van der Waals surface area contributed by atoms with Crippen LogP contribution < -0.4 is 9.47 Å². The minimum atomic E-state index is -0.935. The van der Waals surface area contributed by atoms with Crippen molar-refractivity contribution in [2.24, 2.45) is 5.92 Å². The molecule has 32 heavy (non-hydrogen) atoms. The second-order valence-electron chi connectivity index (χ2n) is 8.94. The number of ether oxygens (including phenoxy) is 3. The van der Waals surface area contributed by atoms with Gasteiger partial charge in [0, 0.05) is 44.8 Å². The van der Waals surface area contributed by atoms with Gasteiger partial charge in [-0.15, -0.1) is 0 Å². The third-order valence-electron chi connectivity index (χ3n) is 5.96. The third-order valence-corrected chi connectivity index (χ3v) is 5.96. The lowest BCUT2D eigenvalue weighted by Gasteiger charge is -2.40.